The van der Waals surface area contributed by atoms with Crippen molar-refractivity contribution in [1.29, 1.82) is 0 Å². The second-order valence-corrected chi connectivity index (χ2v) is 4.77. The van der Waals surface area contributed by atoms with Crippen molar-refractivity contribution >= 4 is 23.1 Å². The lowest BCUT2D eigenvalue weighted by atomic mass is 10.3. The van der Waals surface area contributed by atoms with Crippen LogP contribution < -0.4 is 15.4 Å². The van der Waals surface area contributed by atoms with Crippen molar-refractivity contribution in [2.24, 2.45) is 0 Å². The SMILES string of the molecule is COc1cc(NC(=O)NCc2cccs2)ccc1F. The fourth-order valence-corrected chi connectivity index (χ4v) is 2.14. The van der Waals surface area contributed by atoms with E-state index in [1.54, 1.807) is 11.3 Å². The molecule has 19 heavy (non-hydrogen) atoms. The summed E-state index contributed by atoms with van der Waals surface area (Å²) >= 11 is 1.57. The Hall–Kier alpha value is -2.08. The molecule has 0 spiro atoms. The summed E-state index contributed by atoms with van der Waals surface area (Å²) in [7, 11) is 1.37. The van der Waals surface area contributed by atoms with Gasteiger partial charge in [-0.3, -0.25) is 0 Å². The Kier molecular flexibility index (Phi) is 4.35. The Bertz CT molecular complexity index is 558. The van der Waals surface area contributed by atoms with E-state index in [0.717, 1.165) is 4.88 Å². The summed E-state index contributed by atoms with van der Waals surface area (Å²) in [6.07, 6.45) is 0. The normalized spacial score (nSPS) is 10.0. The predicted octanol–water partition coefficient (Wildman–Crippen LogP) is 3.22. The maximum absolute atomic E-state index is 13.2. The van der Waals surface area contributed by atoms with Crippen LogP contribution in [0, 0.1) is 5.82 Å². The number of ether oxygens (including phenoxy) is 1. The Labute approximate surface area is 114 Å². The minimum atomic E-state index is -0.466. The molecule has 2 rings (SSSR count). The van der Waals surface area contributed by atoms with Crippen LogP contribution in [0.2, 0.25) is 0 Å². The number of halogens is 1. The van der Waals surface area contributed by atoms with Gasteiger partial charge in [-0.2, -0.15) is 0 Å². The average Bonchev–Trinajstić information content (AvgIpc) is 2.92. The number of carbonyl (C=O) groups excluding carboxylic acids is 1. The molecule has 0 atom stereocenters. The molecule has 2 N–H and O–H groups in total. The van der Waals surface area contributed by atoms with E-state index in [2.05, 4.69) is 10.6 Å². The largest absolute Gasteiger partial charge is 0.494 e. The zero-order chi connectivity index (χ0) is 13.7. The third-order valence-electron chi connectivity index (χ3n) is 2.41. The highest BCUT2D eigenvalue weighted by atomic mass is 32.1. The maximum atomic E-state index is 13.2. The minimum absolute atomic E-state index is 0.0936. The Morgan fingerprint density at radius 3 is 2.95 bits per heavy atom. The van der Waals surface area contributed by atoms with E-state index in [-0.39, 0.29) is 11.8 Å². The van der Waals surface area contributed by atoms with E-state index in [1.165, 1.54) is 25.3 Å². The number of anilines is 1. The highest BCUT2D eigenvalue weighted by Crippen LogP contribution is 2.21. The number of nitrogens with one attached hydrogen (secondary N) is 2. The van der Waals surface area contributed by atoms with Crippen LogP contribution in [-0.4, -0.2) is 13.1 Å². The second-order valence-electron chi connectivity index (χ2n) is 3.74. The van der Waals surface area contributed by atoms with Crippen molar-refractivity contribution in [3.63, 3.8) is 0 Å². The summed E-state index contributed by atoms with van der Waals surface area (Å²) in [4.78, 5) is 12.7. The molecule has 2 aromatic rings. The Morgan fingerprint density at radius 1 is 1.42 bits per heavy atom. The highest BCUT2D eigenvalue weighted by Gasteiger charge is 2.06. The number of amides is 2. The first-order valence-corrected chi connectivity index (χ1v) is 6.48. The van der Waals surface area contributed by atoms with Crippen molar-refractivity contribution in [3.05, 3.63) is 46.4 Å². The number of methoxy groups -OCH3 is 1. The molecule has 0 bridgehead atoms. The van der Waals surface area contributed by atoms with Crippen molar-refractivity contribution in [1.82, 2.24) is 5.32 Å². The lowest BCUT2D eigenvalue weighted by Crippen LogP contribution is -2.27. The first-order chi connectivity index (χ1) is 9.19. The van der Waals surface area contributed by atoms with Gasteiger partial charge in [0.15, 0.2) is 11.6 Å². The molecule has 0 aliphatic rings. The van der Waals surface area contributed by atoms with Crippen LogP contribution in [-0.2, 0) is 6.54 Å². The van der Waals surface area contributed by atoms with Gasteiger partial charge in [-0.25, -0.2) is 9.18 Å². The van der Waals surface area contributed by atoms with Crippen LogP contribution >= 0.6 is 11.3 Å². The number of urea groups is 1. The van der Waals surface area contributed by atoms with E-state index in [4.69, 9.17) is 4.74 Å². The Balaban J connectivity index is 1.91. The summed E-state index contributed by atoms with van der Waals surface area (Å²) in [5.41, 5.74) is 0.474. The molecule has 0 fully saturated rings. The van der Waals surface area contributed by atoms with Crippen LogP contribution in [0.15, 0.2) is 35.7 Å². The monoisotopic (exact) mass is 280 g/mol. The molecule has 0 saturated heterocycles. The molecule has 2 amide bonds. The van der Waals surface area contributed by atoms with E-state index >= 15 is 0 Å². The van der Waals surface area contributed by atoms with Crippen molar-refractivity contribution in [3.8, 4) is 5.75 Å². The minimum Gasteiger partial charge on any atom is -0.494 e. The van der Waals surface area contributed by atoms with Crippen LogP contribution in [0.3, 0.4) is 0 Å². The maximum Gasteiger partial charge on any atom is 0.319 e. The van der Waals surface area contributed by atoms with Crippen LogP contribution in [0.5, 0.6) is 5.75 Å². The van der Waals surface area contributed by atoms with Gasteiger partial charge >= 0.3 is 6.03 Å². The fourth-order valence-electron chi connectivity index (χ4n) is 1.49. The molecule has 4 nitrogen and oxygen atoms in total. The summed E-state index contributed by atoms with van der Waals surface area (Å²) in [6.45, 7) is 0.460. The number of hydrogen-bond acceptors (Lipinski definition) is 3. The van der Waals surface area contributed by atoms with Crippen LogP contribution in [0.4, 0.5) is 14.9 Å². The van der Waals surface area contributed by atoms with E-state index in [9.17, 15) is 9.18 Å². The topological polar surface area (TPSA) is 50.4 Å². The molecule has 0 aliphatic carbocycles. The number of carbonyl (C=O) groups is 1. The second kappa shape index (κ2) is 6.19. The lowest BCUT2D eigenvalue weighted by Gasteiger charge is -2.08. The van der Waals surface area contributed by atoms with E-state index in [1.807, 2.05) is 17.5 Å². The molecular weight excluding hydrogens is 267 g/mol. The zero-order valence-corrected chi connectivity index (χ0v) is 11.1. The van der Waals surface area contributed by atoms with E-state index < -0.39 is 5.82 Å². The number of thiophene rings is 1. The lowest BCUT2D eigenvalue weighted by molar-refractivity contribution is 0.252. The molecule has 1 heterocycles. The van der Waals surface area contributed by atoms with Crippen molar-refractivity contribution in [2.45, 2.75) is 6.54 Å². The number of hydrogen-bond donors (Lipinski definition) is 2. The standard InChI is InChI=1S/C13H13FN2O2S/c1-18-12-7-9(4-5-11(12)14)16-13(17)15-8-10-3-2-6-19-10/h2-7H,8H2,1H3,(H2,15,16,17). The van der Waals surface area contributed by atoms with Gasteiger partial charge in [0.05, 0.1) is 13.7 Å². The smallest absolute Gasteiger partial charge is 0.319 e. The van der Waals surface area contributed by atoms with Gasteiger partial charge in [-0.05, 0) is 23.6 Å². The molecule has 1 aromatic carbocycles. The third-order valence-corrected chi connectivity index (χ3v) is 3.29. The third kappa shape index (κ3) is 3.69. The van der Waals surface area contributed by atoms with Gasteiger partial charge in [0.1, 0.15) is 0 Å². The van der Waals surface area contributed by atoms with Crippen molar-refractivity contribution < 1.29 is 13.9 Å². The van der Waals surface area contributed by atoms with Gasteiger partial charge in [-0.15, -0.1) is 11.3 Å². The van der Waals surface area contributed by atoms with E-state index in [0.29, 0.717) is 12.2 Å². The molecule has 1 aromatic heterocycles. The molecule has 0 unspecified atom stereocenters. The molecule has 0 saturated carbocycles. The zero-order valence-electron chi connectivity index (χ0n) is 10.3. The van der Waals surface area contributed by atoms with Crippen molar-refractivity contribution in [2.75, 3.05) is 12.4 Å². The predicted molar refractivity (Wildman–Crippen MR) is 73.1 cm³/mol. The van der Waals surface area contributed by atoms with Gasteiger partial charge in [0, 0.05) is 16.6 Å². The molecule has 0 aliphatic heterocycles. The quantitative estimate of drug-likeness (QED) is 0.903. The first-order valence-electron chi connectivity index (χ1n) is 5.60. The fraction of sp³-hybridized carbons (Fsp3) is 0.154. The van der Waals surface area contributed by atoms with Crippen LogP contribution in [0.25, 0.3) is 0 Å². The summed E-state index contributed by atoms with van der Waals surface area (Å²) in [5, 5.41) is 7.27. The molecule has 100 valence electrons. The van der Waals surface area contributed by atoms with Gasteiger partial charge in [0.2, 0.25) is 0 Å². The molecule has 6 heteroatoms. The summed E-state index contributed by atoms with van der Waals surface area (Å²) in [5.74, 6) is -0.372. The number of benzene rings is 1. The summed E-state index contributed by atoms with van der Waals surface area (Å²) < 4.78 is 18.0. The van der Waals surface area contributed by atoms with Gasteiger partial charge in [0.25, 0.3) is 0 Å². The molecule has 0 radical (unpaired) electrons. The first kappa shape index (κ1) is 13.4. The van der Waals surface area contributed by atoms with Crippen LogP contribution in [0.1, 0.15) is 4.88 Å². The summed E-state index contributed by atoms with van der Waals surface area (Å²) in [6, 6.07) is 7.66. The van der Waals surface area contributed by atoms with Gasteiger partial charge < -0.3 is 15.4 Å². The highest BCUT2D eigenvalue weighted by molar-refractivity contribution is 7.09. The number of rotatable bonds is 4. The van der Waals surface area contributed by atoms with Gasteiger partial charge in [-0.1, -0.05) is 6.07 Å². The Morgan fingerprint density at radius 2 is 2.26 bits per heavy atom. The molecular formula is C13H13FN2O2S. The average molecular weight is 280 g/mol.